The largest absolute Gasteiger partial charge is 0.462 e. The predicted molar refractivity (Wildman–Crippen MR) is 334 cm³/mol. The molecule has 0 aliphatic carbocycles. The molecular formula is C71H116O6. The Balaban J connectivity index is 4.37. The van der Waals surface area contributed by atoms with Gasteiger partial charge in [0.05, 0.1) is 6.42 Å². The monoisotopic (exact) mass is 1060 g/mol. The van der Waals surface area contributed by atoms with Crippen LogP contribution in [0.3, 0.4) is 0 Å². The van der Waals surface area contributed by atoms with E-state index in [4.69, 9.17) is 14.2 Å². The second-order valence-corrected chi connectivity index (χ2v) is 20.6. The maximum atomic E-state index is 12.8. The van der Waals surface area contributed by atoms with Gasteiger partial charge in [-0.1, -0.05) is 296 Å². The van der Waals surface area contributed by atoms with Crippen molar-refractivity contribution in [3.8, 4) is 0 Å². The number of allylic oxidation sites excluding steroid dienone is 21. The molecule has 0 amide bonds. The summed E-state index contributed by atoms with van der Waals surface area (Å²) in [5, 5.41) is 0. The Morgan fingerprint density at radius 1 is 0.286 bits per heavy atom. The molecule has 0 aromatic carbocycles. The van der Waals surface area contributed by atoms with E-state index in [1.165, 1.54) is 122 Å². The van der Waals surface area contributed by atoms with Crippen molar-refractivity contribution >= 4 is 17.9 Å². The molecule has 0 heterocycles. The smallest absolute Gasteiger partial charge is 0.310 e. The summed E-state index contributed by atoms with van der Waals surface area (Å²) in [5.41, 5.74) is 0. The number of rotatable bonds is 56. The molecule has 6 nitrogen and oxygen atoms in total. The number of unbranched alkanes of at least 4 members (excludes halogenated alkanes) is 24. The normalized spacial score (nSPS) is 13.0. The minimum atomic E-state index is -0.837. The van der Waals surface area contributed by atoms with Gasteiger partial charge in [0.2, 0.25) is 0 Å². The third-order valence-corrected chi connectivity index (χ3v) is 13.2. The van der Waals surface area contributed by atoms with Crippen LogP contribution in [-0.2, 0) is 28.6 Å². The zero-order valence-corrected chi connectivity index (χ0v) is 49.9. The molecule has 0 aromatic rings. The Morgan fingerprint density at radius 3 is 0.857 bits per heavy atom. The molecule has 6 heteroatoms. The first-order valence-electron chi connectivity index (χ1n) is 31.7. The van der Waals surface area contributed by atoms with E-state index in [-0.39, 0.29) is 31.6 Å². The Bertz CT molecular complexity index is 1650. The van der Waals surface area contributed by atoms with Crippen LogP contribution in [0.1, 0.15) is 278 Å². The predicted octanol–water partition coefficient (Wildman–Crippen LogP) is 21.8. The zero-order chi connectivity index (χ0) is 55.7. The molecule has 1 unspecified atom stereocenters. The van der Waals surface area contributed by atoms with Crippen LogP contribution in [0.15, 0.2) is 134 Å². The van der Waals surface area contributed by atoms with E-state index in [1.54, 1.807) is 6.08 Å². The third-order valence-electron chi connectivity index (χ3n) is 13.2. The average Bonchev–Trinajstić information content (AvgIpc) is 3.43. The van der Waals surface area contributed by atoms with Gasteiger partial charge in [-0.2, -0.15) is 0 Å². The van der Waals surface area contributed by atoms with Gasteiger partial charge in [0.1, 0.15) is 13.2 Å². The first kappa shape index (κ1) is 72.5. The van der Waals surface area contributed by atoms with Gasteiger partial charge in [0, 0.05) is 12.8 Å². The van der Waals surface area contributed by atoms with Crippen LogP contribution in [0.4, 0.5) is 0 Å². The first-order chi connectivity index (χ1) is 38.0. The van der Waals surface area contributed by atoms with Gasteiger partial charge >= 0.3 is 17.9 Å². The molecule has 1 atom stereocenters. The number of esters is 3. The SMILES string of the molecule is CC/C=C\C/C=C\C/C=C\C/C=C\C/C=C\C/C=C\CCCCCCCCCCCCC(=O)OCC(COC(=O)CCCCCCCCCCCCCCCCC)OC(=O)C/C=C\C/C=C\C/C=C\C/C=C\C/C=C\CC. The number of hydrogen-bond donors (Lipinski definition) is 0. The lowest BCUT2D eigenvalue weighted by atomic mass is 10.0. The van der Waals surface area contributed by atoms with Gasteiger partial charge in [0.15, 0.2) is 6.10 Å². The lowest BCUT2D eigenvalue weighted by Crippen LogP contribution is -2.30. The van der Waals surface area contributed by atoms with Crippen LogP contribution in [0.5, 0.6) is 0 Å². The van der Waals surface area contributed by atoms with Crippen LogP contribution in [0.2, 0.25) is 0 Å². The topological polar surface area (TPSA) is 78.9 Å². The molecule has 0 saturated heterocycles. The van der Waals surface area contributed by atoms with Crippen molar-refractivity contribution in [3.05, 3.63) is 134 Å². The van der Waals surface area contributed by atoms with Crippen molar-refractivity contribution in [2.24, 2.45) is 0 Å². The number of ether oxygens (including phenoxy) is 3. The summed E-state index contributed by atoms with van der Waals surface area (Å²) in [7, 11) is 0. The zero-order valence-electron chi connectivity index (χ0n) is 49.9. The molecule has 0 bridgehead atoms. The molecule has 0 aromatic heterocycles. The van der Waals surface area contributed by atoms with E-state index in [9.17, 15) is 14.4 Å². The van der Waals surface area contributed by atoms with Gasteiger partial charge in [-0.3, -0.25) is 14.4 Å². The lowest BCUT2D eigenvalue weighted by Gasteiger charge is -2.18. The quantitative estimate of drug-likeness (QED) is 0.0261. The van der Waals surface area contributed by atoms with Crippen LogP contribution in [-0.4, -0.2) is 37.2 Å². The second kappa shape index (κ2) is 64.1. The molecule has 0 rings (SSSR count). The Hall–Kier alpha value is -4.45. The molecule has 0 radical (unpaired) electrons. The summed E-state index contributed by atoms with van der Waals surface area (Å²) in [5.74, 6) is -1.05. The number of hydrogen-bond acceptors (Lipinski definition) is 6. The Labute approximate surface area is 475 Å². The molecular weight excluding hydrogens is 949 g/mol. The summed E-state index contributed by atoms with van der Waals surface area (Å²) >= 11 is 0. The van der Waals surface area contributed by atoms with Crippen molar-refractivity contribution in [3.63, 3.8) is 0 Å². The highest BCUT2D eigenvalue weighted by Crippen LogP contribution is 2.16. The molecule has 0 aliphatic heterocycles. The van der Waals surface area contributed by atoms with E-state index in [2.05, 4.69) is 142 Å². The first-order valence-corrected chi connectivity index (χ1v) is 31.7. The van der Waals surface area contributed by atoms with Gasteiger partial charge < -0.3 is 14.2 Å². The van der Waals surface area contributed by atoms with Crippen LogP contribution in [0.25, 0.3) is 0 Å². The van der Waals surface area contributed by atoms with Gasteiger partial charge in [0.25, 0.3) is 0 Å². The summed E-state index contributed by atoms with van der Waals surface area (Å²) < 4.78 is 16.8. The average molecular weight is 1070 g/mol. The van der Waals surface area contributed by atoms with Crippen LogP contribution in [0, 0.1) is 0 Å². The Morgan fingerprint density at radius 2 is 0.545 bits per heavy atom. The molecule has 0 aliphatic rings. The molecule has 0 saturated carbocycles. The van der Waals surface area contributed by atoms with Crippen LogP contribution >= 0.6 is 0 Å². The van der Waals surface area contributed by atoms with E-state index < -0.39 is 12.1 Å². The lowest BCUT2D eigenvalue weighted by molar-refractivity contribution is -0.166. The van der Waals surface area contributed by atoms with Crippen molar-refractivity contribution in [1.29, 1.82) is 0 Å². The van der Waals surface area contributed by atoms with E-state index in [1.807, 2.05) is 6.08 Å². The summed E-state index contributed by atoms with van der Waals surface area (Å²) in [6.07, 6.45) is 90.6. The highest BCUT2D eigenvalue weighted by atomic mass is 16.6. The summed E-state index contributed by atoms with van der Waals surface area (Å²) in [4.78, 5) is 38.2. The highest BCUT2D eigenvalue weighted by molar-refractivity contribution is 5.72. The molecule has 0 spiro atoms. The minimum absolute atomic E-state index is 0.0934. The molecule has 436 valence electrons. The molecule has 0 fully saturated rings. The number of carbonyl (C=O) groups is 3. The maximum absolute atomic E-state index is 12.8. The second-order valence-electron chi connectivity index (χ2n) is 20.6. The van der Waals surface area contributed by atoms with Gasteiger partial charge in [-0.15, -0.1) is 0 Å². The standard InChI is InChI=1S/C71H116O6/c1-4-7-10-13-16-19-22-25-28-29-30-31-32-33-34-35-36-37-38-39-40-41-44-46-49-52-55-58-61-64-70(73)76-67-68(77-71(74)65-62-59-56-53-50-47-43-27-24-21-18-15-12-9-6-3)66-75-69(72)63-60-57-54-51-48-45-42-26-23-20-17-14-11-8-5-2/h7,9-10,12,16,18-19,21,25,27-28,30-31,33-34,36-37,43,50,53,59,62,68H,4-6,8,11,13-15,17,20,22-24,26,29,32,35,38-42,44-49,51-52,54-58,60-61,63-67H2,1-3H3/b10-7-,12-9-,19-16-,21-18-,28-25-,31-30-,34-33-,37-36-,43-27-,53-50-,62-59-. The van der Waals surface area contributed by atoms with Crippen molar-refractivity contribution in [2.75, 3.05) is 13.2 Å². The van der Waals surface area contributed by atoms with Crippen molar-refractivity contribution in [2.45, 2.75) is 284 Å². The fourth-order valence-electron chi connectivity index (χ4n) is 8.52. The fourth-order valence-corrected chi connectivity index (χ4v) is 8.52. The van der Waals surface area contributed by atoms with Gasteiger partial charge in [-0.25, -0.2) is 0 Å². The minimum Gasteiger partial charge on any atom is -0.462 e. The van der Waals surface area contributed by atoms with E-state index in [0.29, 0.717) is 12.8 Å². The van der Waals surface area contributed by atoms with Crippen molar-refractivity contribution in [1.82, 2.24) is 0 Å². The third kappa shape index (κ3) is 62.3. The van der Waals surface area contributed by atoms with Crippen LogP contribution < -0.4 is 0 Å². The number of carbonyl (C=O) groups excluding carboxylic acids is 3. The Kier molecular flexibility index (Phi) is 60.4. The summed E-state index contributed by atoms with van der Waals surface area (Å²) in [6.45, 7) is 6.34. The van der Waals surface area contributed by atoms with E-state index >= 15 is 0 Å². The molecule has 77 heavy (non-hydrogen) atoms. The van der Waals surface area contributed by atoms with Crippen molar-refractivity contribution < 1.29 is 28.6 Å². The molecule has 0 N–H and O–H groups in total. The highest BCUT2D eigenvalue weighted by Gasteiger charge is 2.19. The maximum Gasteiger partial charge on any atom is 0.310 e. The fraction of sp³-hybridized carbons (Fsp3) is 0.648. The van der Waals surface area contributed by atoms with E-state index in [0.717, 1.165) is 116 Å². The summed E-state index contributed by atoms with van der Waals surface area (Å²) in [6, 6.07) is 0. The van der Waals surface area contributed by atoms with Gasteiger partial charge in [-0.05, 0) is 96.3 Å².